The van der Waals surface area contributed by atoms with E-state index in [0.717, 1.165) is 17.6 Å². The molecular weight excluding hydrogens is 412 g/mol. The first kappa shape index (κ1) is 17.0. The lowest BCUT2D eigenvalue weighted by Gasteiger charge is -2.21. The smallest absolute Gasteiger partial charge is 0.0701 e. The van der Waals surface area contributed by atoms with Gasteiger partial charge in [0.2, 0.25) is 0 Å². The molecule has 114 valence electrons. The van der Waals surface area contributed by atoms with Crippen molar-refractivity contribution in [3.05, 3.63) is 49.0 Å². The molecule has 2 nitrogen and oxygen atoms in total. The summed E-state index contributed by atoms with van der Waals surface area (Å²) in [4.78, 5) is 2.26. The van der Waals surface area contributed by atoms with E-state index >= 15 is 0 Å². The molecule has 1 aromatic carbocycles. The average molecular weight is 432 g/mol. The predicted molar refractivity (Wildman–Crippen MR) is 100 cm³/mol. The maximum absolute atomic E-state index is 3.70. The number of halogens is 2. The molecule has 0 fully saturated rings. The molecule has 0 amide bonds. The van der Waals surface area contributed by atoms with Crippen molar-refractivity contribution in [1.82, 2.24) is 5.32 Å². The van der Waals surface area contributed by atoms with Gasteiger partial charge in [0.25, 0.3) is 0 Å². The highest BCUT2D eigenvalue weighted by Gasteiger charge is 2.11. The number of hydrogen-bond acceptors (Lipinski definition) is 3. The molecule has 0 bridgehead atoms. The van der Waals surface area contributed by atoms with Crippen LogP contribution in [0, 0.1) is 0 Å². The second-order valence-corrected chi connectivity index (χ2v) is 8.25. The van der Waals surface area contributed by atoms with Crippen molar-refractivity contribution < 1.29 is 0 Å². The number of thiophene rings is 1. The minimum absolute atomic E-state index is 0.358. The summed E-state index contributed by atoms with van der Waals surface area (Å²) >= 11 is 8.95. The zero-order valence-electron chi connectivity index (χ0n) is 12.5. The molecule has 2 rings (SSSR count). The van der Waals surface area contributed by atoms with Gasteiger partial charge in [-0.3, -0.25) is 0 Å². The summed E-state index contributed by atoms with van der Waals surface area (Å²) in [7, 11) is 2.13. The second-order valence-electron chi connectivity index (χ2n) is 5.10. The van der Waals surface area contributed by atoms with Gasteiger partial charge in [-0.2, -0.15) is 0 Å². The molecule has 0 radical (unpaired) electrons. The Hall–Kier alpha value is -0.360. The first-order valence-electron chi connectivity index (χ1n) is 6.98. The number of hydrogen-bond donors (Lipinski definition) is 1. The summed E-state index contributed by atoms with van der Waals surface area (Å²) in [6.07, 6.45) is 0. The van der Waals surface area contributed by atoms with E-state index in [2.05, 4.69) is 92.6 Å². The number of anilines is 1. The van der Waals surface area contributed by atoms with Gasteiger partial charge in [-0.15, -0.1) is 11.3 Å². The normalized spacial score (nSPS) is 12.4. The quantitative estimate of drug-likeness (QED) is 0.642. The number of nitrogens with one attached hydrogen (secondary N) is 1. The van der Waals surface area contributed by atoms with Crippen molar-refractivity contribution in [2.45, 2.75) is 26.4 Å². The molecule has 1 atom stereocenters. The van der Waals surface area contributed by atoms with Crippen LogP contribution in [0.3, 0.4) is 0 Å². The van der Waals surface area contributed by atoms with Crippen LogP contribution in [-0.2, 0) is 6.54 Å². The number of benzene rings is 1. The van der Waals surface area contributed by atoms with E-state index < -0.39 is 0 Å². The molecule has 1 unspecified atom stereocenters. The van der Waals surface area contributed by atoms with E-state index in [0.29, 0.717) is 6.04 Å². The average Bonchev–Trinajstić information content (AvgIpc) is 2.84. The molecule has 5 heteroatoms. The van der Waals surface area contributed by atoms with Gasteiger partial charge in [-0.1, -0.05) is 28.9 Å². The monoisotopic (exact) mass is 430 g/mol. The van der Waals surface area contributed by atoms with E-state index in [1.54, 1.807) is 11.3 Å². The fraction of sp³-hybridized carbons (Fsp3) is 0.375. The van der Waals surface area contributed by atoms with E-state index in [9.17, 15) is 0 Å². The fourth-order valence-electron chi connectivity index (χ4n) is 2.31. The van der Waals surface area contributed by atoms with Crippen molar-refractivity contribution >= 4 is 48.9 Å². The highest BCUT2D eigenvalue weighted by molar-refractivity contribution is 9.11. The topological polar surface area (TPSA) is 15.3 Å². The minimum atomic E-state index is 0.358. The summed E-state index contributed by atoms with van der Waals surface area (Å²) in [5.74, 6) is 0. The lowest BCUT2D eigenvalue weighted by atomic mass is 10.1. The Morgan fingerprint density at radius 2 is 2.05 bits per heavy atom. The van der Waals surface area contributed by atoms with E-state index in [4.69, 9.17) is 0 Å². The molecule has 0 saturated carbocycles. The second kappa shape index (κ2) is 7.77. The molecular formula is C16H20Br2N2S. The molecule has 0 aliphatic heterocycles. The third-order valence-electron chi connectivity index (χ3n) is 3.44. The Bertz CT molecular complexity index is 598. The van der Waals surface area contributed by atoms with Crippen molar-refractivity contribution in [2.75, 3.05) is 18.5 Å². The first-order chi connectivity index (χ1) is 10.0. The van der Waals surface area contributed by atoms with Crippen LogP contribution in [0.2, 0.25) is 0 Å². The van der Waals surface area contributed by atoms with Gasteiger partial charge in [0.05, 0.1) is 3.79 Å². The summed E-state index contributed by atoms with van der Waals surface area (Å²) in [5.41, 5.74) is 3.85. The zero-order valence-corrected chi connectivity index (χ0v) is 16.5. The summed E-state index contributed by atoms with van der Waals surface area (Å²) in [6.45, 7) is 6.21. The Kier molecular flexibility index (Phi) is 6.29. The van der Waals surface area contributed by atoms with Crippen molar-refractivity contribution in [3.63, 3.8) is 0 Å². The van der Waals surface area contributed by atoms with Crippen LogP contribution in [0.25, 0.3) is 0 Å². The number of nitrogens with zero attached hydrogens (tertiary/aromatic N) is 1. The van der Waals surface area contributed by atoms with Gasteiger partial charge in [-0.05, 0) is 64.1 Å². The molecule has 2 aromatic rings. The van der Waals surface area contributed by atoms with Gasteiger partial charge in [0.15, 0.2) is 0 Å². The first-order valence-corrected chi connectivity index (χ1v) is 9.44. The maximum Gasteiger partial charge on any atom is 0.0701 e. The molecule has 21 heavy (non-hydrogen) atoms. The van der Waals surface area contributed by atoms with Crippen LogP contribution in [0.4, 0.5) is 5.69 Å². The zero-order chi connectivity index (χ0) is 15.4. The SMILES string of the molecule is CCNC(C)c1ccc(N(C)Cc2csc(Br)c2)cc1Br. The Balaban J connectivity index is 2.11. The highest BCUT2D eigenvalue weighted by atomic mass is 79.9. The summed E-state index contributed by atoms with van der Waals surface area (Å²) in [6, 6.07) is 9.13. The fourth-order valence-corrected chi connectivity index (χ4v) is 4.23. The van der Waals surface area contributed by atoms with Crippen molar-refractivity contribution in [2.24, 2.45) is 0 Å². The van der Waals surface area contributed by atoms with Crippen LogP contribution >= 0.6 is 43.2 Å². The number of rotatable bonds is 6. The molecule has 1 N–H and O–H groups in total. The van der Waals surface area contributed by atoms with Gasteiger partial charge in [0.1, 0.15) is 0 Å². The molecule has 0 aliphatic carbocycles. The Morgan fingerprint density at radius 1 is 1.29 bits per heavy atom. The lowest BCUT2D eigenvalue weighted by Crippen LogP contribution is -2.19. The molecule has 0 saturated heterocycles. The third kappa shape index (κ3) is 4.55. The lowest BCUT2D eigenvalue weighted by molar-refractivity contribution is 0.596. The Morgan fingerprint density at radius 3 is 2.62 bits per heavy atom. The summed E-state index contributed by atoms with van der Waals surface area (Å²) < 4.78 is 2.34. The van der Waals surface area contributed by atoms with Crippen molar-refractivity contribution in [1.29, 1.82) is 0 Å². The summed E-state index contributed by atoms with van der Waals surface area (Å²) in [5, 5.41) is 5.64. The van der Waals surface area contributed by atoms with Gasteiger partial charge in [0, 0.05) is 29.8 Å². The molecule has 1 heterocycles. The van der Waals surface area contributed by atoms with E-state index in [1.807, 2.05) is 0 Å². The van der Waals surface area contributed by atoms with Crippen molar-refractivity contribution in [3.8, 4) is 0 Å². The molecule has 0 aliphatic rings. The van der Waals surface area contributed by atoms with Crippen LogP contribution in [0.15, 0.2) is 37.9 Å². The maximum atomic E-state index is 3.70. The molecule has 1 aromatic heterocycles. The van der Waals surface area contributed by atoms with Gasteiger partial charge < -0.3 is 10.2 Å². The van der Waals surface area contributed by atoms with Crippen LogP contribution in [0.1, 0.15) is 31.0 Å². The van der Waals surface area contributed by atoms with Gasteiger partial charge >= 0.3 is 0 Å². The van der Waals surface area contributed by atoms with Crippen LogP contribution in [-0.4, -0.2) is 13.6 Å². The minimum Gasteiger partial charge on any atom is -0.370 e. The largest absolute Gasteiger partial charge is 0.370 e. The highest BCUT2D eigenvalue weighted by Crippen LogP contribution is 2.29. The van der Waals surface area contributed by atoms with E-state index in [-0.39, 0.29) is 0 Å². The van der Waals surface area contributed by atoms with Crippen LogP contribution < -0.4 is 10.2 Å². The molecule has 0 spiro atoms. The predicted octanol–water partition coefficient (Wildman–Crippen LogP) is 5.58. The third-order valence-corrected chi connectivity index (χ3v) is 5.68. The van der Waals surface area contributed by atoms with Crippen LogP contribution in [0.5, 0.6) is 0 Å². The standard InChI is InChI=1S/C16H20Br2N2S/c1-4-19-11(2)14-6-5-13(8-15(14)17)20(3)9-12-7-16(18)21-10-12/h5-8,10-11,19H,4,9H2,1-3H3. The van der Waals surface area contributed by atoms with Gasteiger partial charge in [-0.25, -0.2) is 0 Å². The Labute approximate surface area is 147 Å². The van der Waals surface area contributed by atoms with E-state index in [1.165, 1.54) is 20.6 Å².